The molecule has 0 radical (unpaired) electrons. The Kier molecular flexibility index (Phi) is 5.00. The summed E-state index contributed by atoms with van der Waals surface area (Å²) in [7, 11) is 1.32. The minimum absolute atomic E-state index is 0.00571. The zero-order valence-corrected chi connectivity index (χ0v) is 22.5. The van der Waals surface area contributed by atoms with E-state index in [-0.39, 0.29) is 81.7 Å². The highest BCUT2D eigenvalue weighted by Gasteiger charge is 2.57. The maximum atomic E-state index is 13.9. The Morgan fingerprint density at radius 1 is 0.927 bits per heavy atom. The van der Waals surface area contributed by atoms with Crippen molar-refractivity contribution >= 4 is 27.8 Å². The molecule has 2 unspecified atom stereocenters. The smallest absolute Gasteiger partial charge is 0.260 e. The average Bonchev–Trinajstić information content (AvgIpc) is 3.22. The Balaban J connectivity index is 1.53. The summed E-state index contributed by atoms with van der Waals surface area (Å²) in [6, 6.07) is 4.61. The lowest BCUT2D eigenvalue weighted by molar-refractivity contribution is -0.0654. The van der Waals surface area contributed by atoms with Crippen molar-refractivity contribution in [3.63, 3.8) is 0 Å². The second-order valence-corrected chi connectivity index (χ2v) is 11.4. The van der Waals surface area contributed by atoms with Gasteiger partial charge in [0.1, 0.15) is 33.6 Å². The third kappa shape index (κ3) is 3.04. The molecule has 3 heterocycles. The summed E-state index contributed by atoms with van der Waals surface area (Å²) >= 11 is 0. The maximum absolute atomic E-state index is 13.9. The van der Waals surface area contributed by atoms with Gasteiger partial charge in [0.15, 0.2) is 22.8 Å². The van der Waals surface area contributed by atoms with E-state index < -0.39 is 39.8 Å². The molecule has 212 valence electrons. The van der Waals surface area contributed by atoms with Crippen molar-refractivity contribution in [1.82, 2.24) is 4.90 Å². The lowest BCUT2D eigenvalue weighted by Crippen LogP contribution is -2.60. The number of carbonyl (C=O) groups is 1. The van der Waals surface area contributed by atoms with Crippen LogP contribution in [0.25, 0.3) is 33.1 Å². The van der Waals surface area contributed by atoms with Gasteiger partial charge in [-0.05, 0) is 49.9 Å². The van der Waals surface area contributed by atoms with E-state index in [9.17, 15) is 35.1 Å². The number of fused-ring (bicyclic) bond motifs is 7. The number of nitrogens with zero attached hydrogens (tertiary/aromatic N) is 1. The van der Waals surface area contributed by atoms with Gasteiger partial charge in [-0.25, -0.2) is 0 Å². The molecular weight excluding hydrogens is 534 g/mol. The van der Waals surface area contributed by atoms with E-state index in [2.05, 4.69) is 0 Å². The number of hydrogen-bond donors (Lipinski definition) is 5. The fourth-order valence-corrected chi connectivity index (χ4v) is 6.91. The molecule has 0 bridgehead atoms. The number of methoxy groups -OCH3 is 1. The van der Waals surface area contributed by atoms with Crippen molar-refractivity contribution in [1.29, 1.82) is 0 Å². The van der Waals surface area contributed by atoms with Gasteiger partial charge >= 0.3 is 0 Å². The van der Waals surface area contributed by atoms with Crippen LogP contribution in [0, 0.1) is 0 Å². The molecule has 4 aromatic rings. The molecule has 11 heteroatoms. The molecule has 5 N–H and O–H groups in total. The number of phenols is 4. The third-order valence-corrected chi connectivity index (χ3v) is 8.83. The molecule has 0 spiro atoms. The van der Waals surface area contributed by atoms with E-state index in [1.165, 1.54) is 24.1 Å². The van der Waals surface area contributed by atoms with E-state index in [1.807, 2.05) is 0 Å². The topological polar surface area (TPSA) is 170 Å². The first-order valence-corrected chi connectivity index (χ1v) is 13.2. The van der Waals surface area contributed by atoms with Crippen molar-refractivity contribution in [3.8, 4) is 39.9 Å². The molecule has 1 saturated heterocycles. The predicted molar refractivity (Wildman–Crippen MR) is 146 cm³/mol. The van der Waals surface area contributed by atoms with Gasteiger partial charge in [-0.3, -0.25) is 14.5 Å². The zero-order valence-electron chi connectivity index (χ0n) is 22.5. The number of aliphatic hydroxyl groups is 1. The average molecular weight is 562 g/mol. The molecule has 3 aliphatic rings. The van der Waals surface area contributed by atoms with E-state index in [1.54, 1.807) is 19.9 Å². The highest BCUT2D eigenvalue weighted by atomic mass is 16.5. The quantitative estimate of drug-likeness (QED) is 0.181. The summed E-state index contributed by atoms with van der Waals surface area (Å²) in [6.45, 7) is 3.24. The number of phenolic OH excluding ortho intramolecular Hbond substituents is 4. The molecule has 3 aromatic carbocycles. The molecule has 7 rings (SSSR count). The Bertz CT molecular complexity index is 1930. The summed E-state index contributed by atoms with van der Waals surface area (Å²) in [4.78, 5) is 29.0. The number of rotatable bonds is 2. The first kappa shape index (κ1) is 25.5. The van der Waals surface area contributed by atoms with Gasteiger partial charge in [0.05, 0.1) is 31.4 Å². The van der Waals surface area contributed by atoms with Crippen LogP contribution in [0.3, 0.4) is 0 Å². The zero-order chi connectivity index (χ0) is 29.2. The largest absolute Gasteiger partial charge is 0.506 e. The summed E-state index contributed by atoms with van der Waals surface area (Å²) < 4.78 is 16.9. The van der Waals surface area contributed by atoms with Crippen LogP contribution in [0.4, 0.5) is 0 Å². The molecule has 2 atom stereocenters. The Morgan fingerprint density at radius 3 is 2.39 bits per heavy atom. The number of aryl methyl sites for hydroxylation is 1. The Hall–Kier alpha value is -4.48. The Labute approximate surface area is 232 Å². The lowest BCUT2D eigenvalue weighted by Gasteiger charge is -2.45. The van der Waals surface area contributed by atoms with Gasteiger partial charge in [-0.15, -0.1) is 0 Å². The minimum atomic E-state index is -1.02. The summed E-state index contributed by atoms with van der Waals surface area (Å²) in [5, 5.41) is 54.7. The number of benzene rings is 3. The van der Waals surface area contributed by atoms with Crippen LogP contribution >= 0.6 is 0 Å². The van der Waals surface area contributed by atoms with Crippen LogP contribution in [0.1, 0.15) is 40.9 Å². The first-order valence-electron chi connectivity index (χ1n) is 13.2. The van der Waals surface area contributed by atoms with E-state index in [0.717, 1.165) is 0 Å². The van der Waals surface area contributed by atoms with E-state index in [0.29, 0.717) is 17.5 Å². The van der Waals surface area contributed by atoms with Crippen LogP contribution in [-0.2, 0) is 24.0 Å². The fraction of sp³-hybridized carbons (Fsp3) is 0.333. The number of hydrogen-bond acceptors (Lipinski definition) is 10. The number of amides is 1. The molecule has 0 saturated carbocycles. The van der Waals surface area contributed by atoms with Crippen molar-refractivity contribution in [2.24, 2.45) is 0 Å². The molecular formula is C30H27NO10. The minimum Gasteiger partial charge on any atom is -0.506 e. The predicted octanol–water partition coefficient (Wildman–Crippen LogP) is 3.04. The second kappa shape index (κ2) is 8.05. The van der Waals surface area contributed by atoms with Crippen LogP contribution in [0.15, 0.2) is 27.4 Å². The van der Waals surface area contributed by atoms with Crippen molar-refractivity contribution in [3.05, 3.63) is 50.7 Å². The van der Waals surface area contributed by atoms with E-state index in [4.69, 9.17) is 13.9 Å². The van der Waals surface area contributed by atoms with Gasteiger partial charge in [-0.1, -0.05) is 6.07 Å². The van der Waals surface area contributed by atoms with Crippen LogP contribution in [0.5, 0.6) is 28.7 Å². The number of ether oxygens (including phenoxy) is 2. The molecule has 2 aliphatic heterocycles. The van der Waals surface area contributed by atoms with Crippen LogP contribution in [0.2, 0.25) is 0 Å². The van der Waals surface area contributed by atoms with Gasteiger partial charge < -0.3 is 39.4 Å². The van der Waals surface area contributed by atoms with Gasteiger partial charge in [0, 0.05) is 23.1 Å². The molecule has 1 aliphatic carbocycles. The van der Waals surface area contributed by atoms with Gasteiger partial charge in [0.2, 0.25) is 5.43 Å². The summed E-state index contributed by atoms with van der Waals surface area (Å²) in [6.07, 6.45) is 0.881. The van der Waals surface area contributed by atoms with Crippen molar-refractivity contribution in [2.75, 3.05) is 20.3 Å². The summed E-state index contributed by atoms with van der Waals surface area (Å²) in [5.74, 6) is -2.34. The molecule has 1 aromatic heterocycles. The summed E-state index contributed by atoms with van der Waals surface area (Å²) in [5.41, 5.74) is -1.56. The normalized spacial score (nSPS) is 22.9. The first-order chi connectivity index (χ1) is 19.5. The van der Waals surface area contributed by atoms with Crippen LogP contribution in [-0.4, -0.2) is 67.9 Å². The highest BCUT2D eigenvalue weighted by Crippen LogP contribution is 2.54. The monoisotopic (exact) mass is 561 g/mol. The standard InChI is InChI=1S/C30H27NO10/c1-29(10-32)11-40-30(2)9-13-8-12-4-5-14-19(17(12)24(35)18(13)28(38)31(29)30)25(36)21-26(37)20-15(41-27(21)22(14)33)6-7-16(39-3)23(20)34/h6-8,32-36H,4-5,9-11H2,1-3H3. The van der Waals surface area contributed by atoms with Crippen molar-refractivity contribution < 1.29 is 44.2 Å². The highest BCUT2D eigenvalue weighted by molar-refractivity contribution is 6.08. The molecule has 41 heavy (non-hydrogen) atoms. The number of aliphatic hydroxyl groups excluding tert-OH is 1. The van der Waals surface area contributed by atoms with Gasteiger partial charge in [0.25, 0.3) is 5.91 Å². The van der Waals surface area contributed by atoms with Crippen LogP contribution < -0.4 is 10.2 Å². The SMILES string of the molecule is COc1ccc2oc3c(O)c4c(c(O)c3c(=O)c2c1O)-c1c(cc2c(c1O)C(=O)N1C(C)(CO)COC1(C)C2)CC4. The van der Waals surface area contributed by atoms with E-state index >= 15 is 0 Å². The van der Waals surface area contributed by atoms with Crippen molar-refractivity contribution in [2.45, 2.75) is 44.4 Å². The Morgan fingerprint density at radius 2 is 1.68 bits per heavy atom. The molecule has 1 fully saturated rings. The number of carbonyl (C=O) groups excluding carboxylic acids is 1. The van der Waals surface area contributed by atoms with Gasteiger partial charge in [-0.2, -0.15) is 0 Å². The molecule has 1 amide bonds. The number of aromatic hydroxyl groups is 4. The molecule has 11 nitrogen and oxygen atoms in total. The second-order valence-electron chi connectivity index (χ2n) is 11.4. The fourth-order valence-electron chi connectivity index (χ4n) is 6.91. The third-order valence-electron chi connectivity index (χ3n) is 8.83. The lowest BCUT2D eigenvalue weighted by atomic mass is 9.78. The maximum Gasteiger partial charge on any atom is 0.260 e.